The molecule has 0 bridgehead atoms. The van der Waals surface area contributed by atoms with Gasteiger partial charge in [0.25, 0.3) is 0 Å². The van der Waals surface area contributed by atoms with Gasteiger partial charge in [0.05, 0.1) is 9.92 Å². The first-order valence-electron chi connectivity index (χ1n) is 6.03. The molecule has 2 unspecified atom stereocenters. The van der Waals surface area contributed by atoms with Crippen molar-refractivity contribution < 1.29 is 12.8 Å². The van der Waals surface area contributed by atoms with Crippen molar-refractivity contribution >= 4 is 21.6 Å². The Morgan fingerprint density at radius 1 is 1.47 bits per heavy atom. The van der Waals surface area contributed by atoms with E-state index in [1.807, 2.05) is 6.92 Å². The number of nitrogens with zero attached hydrogens (tertiary/aromatic N) is 1. The van der Waals surface area contributed by atoms with Crippen molar-refractivity contribution in [2.24, 2.45) is 11.7 Å². The van der Waals surface area contributed by atoms with Crippen LogP contribution in [0.3, 0.4) is 0 Å². The maximum atomic E-state index is 13.1. The summed E-state index contributed by atoms with van der Waals surface area (Å²) in [7, 11) is -3.63. The van der Waals surface area contributed by atoms with Gasteiger partial charge >= 0.3 is 0 Å². The minimum absolute atomic E-state index is 0.0153. The number of rotatable bonds is 2. The van der Waals surface area contributed by atoms with Crippen LogP contribution in [0.1, 0.15) is 13.3 Å². The third kappa shape index (κ3) is 2.91. The molecule has 0 spiro atoms. The second-order valence-electron chi connectivity index (χ2n) is 4.87. The lowest BCUT2D eigenvalue weighted by Gasteiger charge is -2.34. The summed E-state index contributed by atoms with van der Waals surface area (Å²) < 4.78 is 39.3. The van der Waals surface area contributed by atoms with E-state index < -0.39 is 15.8 Å². The Morgan fingerprint density at radius 2 is 2.16 bits per heavy atom. The Balaban J connectivity index is 2.29. The lowest BCUT2D eigenvalue weighted by Crippen LogP contribution is -2.48. The van der Waals surface area contributed by atoms with Crippen molar-refractivity contribution in [2.75, 3.05) is 13.1 Å². The predicted molar refractivity (Wildman–Crippen MR) is 71.9 cm³/mol. The SMILES string of the molecule is CC1CN(S(=O)(=O)c2ccc(F)c(Cl)c2)CCC1N. The molecule has 1 saturated heterocycles. The van der Waals surface area contributed by atoms with E-state index in [2.05, 4.69) is 0 Å². The maximum Gasteiger partial charge on any atom is 0.243 e. The highest BCUT2D eigenvalue weighted by atomic mass is 35.5. The van der Waals surface area contributed by atoms with Crippen LogP contribution in [-0.4, -0.2) is 31.9 Å². The molecule has 1 heterocycles. The van der Waals surface area contributed by atoms with Crippen LogP contribution >= 0.6 is 11.6 Å². The number of hydrogen-bond acceptors (Lipinski definition) is 3. The number of piperidine rings is 1. The molecule has 0 aliphatic carbocycles. The van der Waals surface area contributed by atoms with Crippen molar-refractivity contribution in [3.8, 4) is 0 Å². The van der Waals surface area contributed by atoms with Crippen molar-refractivity contribution in [2.45, 2.75) is 24.3 Å². The van der Waals surface area contributed by atoms with Gasteiger partial charge < -0.3 is 5.73 Å². The zero-order valence-electron chi connectivity index (χ0n) is 10.5. The van der Waals surface area contributed by atoms with Gasteiger partial charge in [0.1, 0.15) is 5.82 Å². The summed E-state index contributed by atoms with van der Waals surface area (Å²) in [5, 5.41) is -0.192. The van der Waals surface area contributed by atoms with E-state index in [4.69, 9.17) is 17.3 Å². The van der Waals surface area contributed by atoms with Crippen molar-refractivity contribution in [3.63, 3.8) is 0 Å². The second kappa shape index (κ2) is 5.36. The Labute approximate surface area is 117 Å². The van der Waals surface area contributed by atoms with Crippen LogP contribution in [0.25, 0.3) is 0 Å². The molecule has 2 rings (SSSR count). The maximum absolute atomic E-state index is 13.1. The van der Waals surface area contributed by atoms with Crippen molar-refractivity contribution in [1.29, 1.82) is 0 Å². The number of benzene rings is 1. The molecule has 19 heavy (non-hydrogen) atoms. The van der Waals surface area contributed by atoms with Gasteiger partial charge in [0.2, 0.25) is 10.0 Å². The molecule has 2 atom stereocenters. The number of hydrogen-bond donors (Lipinski definition) is 1. The van der Waals surface area contributed by atoms with Crippen LogP contribution in [0.5, 0.6) is 0 Å². The molecule has 106 valence electrons. The van der Waals surface area contributed by atoms with E-state index in [-0.39, 0.29) is 21.9 Å². The molecule has 1 aromatic carbocycles. The summed E-state index contributed by atoms with van der Waals surface area (Å²) in [6.45, 7) is 2.67. The highest BCUT2D eigenvalue weighted by molar-refractivity contribution is 7.89. The van der Waals surface area contributed by atoms with Crippen molar-refractivity contribution in [1.82, 2.24) is 4.31 Å². The second-order valence-corrected chi connectivity index (χ2v) is 7.21. The molecule has 0 amide bonds. The fourth-order valence-corrected chi connectivity index (χ4v) is 3.96. The molecule has 4 nitrogen and oxygen atoms in total. The minimum atomic E-state index is -3.63. The first-order chi connectivity index (χ1) is 8.82. The van der Waals surface area contributed by atoms with Crippen LogP contribution in [-0.2, 0) is 10.0 Å². The Hall–Kier alpha value is -0.690. The summed E-state index contributed by atoms with van der Waals surface area (Å²) >= 11 is 5.63. The van der Waals surface area contributed by atoms with Crippen LogP contribution < -0.4 is 5.73 Å². The van der Waals surface area contributed by atoms with Crippen LogP contribution in [0.2, 0.25) is 5.02 Å². The lowest BCUT2D eigenvalue weighted by molar-refractivity contribution is 0.250. The van der Waals surface area contributed by atoms with Gasteiger partial charge in [-0.2, -0.15) is 4.31 Å². The first-order valence-corrected chi connectivity index (χ1v) is 7.85. The van der Waals surface area contributed by atoms with Crippen LogP contribution in [0.15, 0.2) is 23.1 Å². The highest BCUT2D eigenvalue weighted by Crippen LogP contribution is 2.25. The fourth-order valence-electron chi connectivity index (χ4n) is 2.13. The number of halogens is 2. The lowest BCUT2D eigenvalue weighted by atomic mass is 9.96. The molecule has 1 aliphatic heterocycles. The Kier molecular flexibility index (Phi) is 4.15. The fraction of sp³-hybridized carbons (Fsp3) is 0.500. The van der Waals surface area contributed by atoms with E-state index in [1.165, 1.54) is 10.4 Å². The Morgan fingerprint density at radius 3 is 2.74 bits per heavy atom. The van der Waals surface area contributed by atoms with Gasteiger partial charge in [-0.1, -0.05) is 18.5 Å². The molecule has 7 heteroatoms. The molecular weight excluding hydrogens is 291 g/mol. The Bertz CT molecular complexity index is 579. The van der Waals surface area contributed by atoms with Crippen LogP contribution in [0.4, 0.5) is 4.39 Å². The average molecular weight is 307 g/mol. The first kappa shape index (κ1) is 14.7. The van der Waals surface area contributed by atoms with Gasteiger partial charge in [-0.15, -0.1) is 0 Å². The summed E-state index contributed by atoms with van der Waals surface area (Å²) in [5.41, 5.74) is 5.87. The zero-order chi connectivity index (χ0) is 14.2. The standard InChI is InChI=1S/C12H16ClFN2O2S/c1-8-7-16(5-4-12(8)15)19(17,18)9-2-3-11(14)10(13)6-9/h2-3,6,8,12H,4-5,7,15H2,1H3. The topological polar surface area (TPSA) is 63.4 Å². The van der Waals surface area contributed by atoms with Crippen molar-refractivity contribution in [3.05, 3.63) is 29.0 Å². The molecule has 0 radical (unpaired) electrons. The van der Waals surface area contributed by atoms with E-state index in [0.717, 1.165) is 12.1 Å². The van der Waals surface area contributed by atoms with Gasteiger partial charge in [-0.3, -0.25) is 0 Å². The minimum Gasteiger partial charge on any atom is -0.327 e. The van der Waals surface area contributed by atoms with Gasteiger partial charge in [0, 0.05) is 19.1 Å². The molecule has 2 N–H and O–H groups in total. The van der Waals surface area contributed by atoms with Crippen LogP contribution in [0, 0.1) is 11.7 Å². The summed E-state index contributed by atoms with van der Waals surface area (Å²) in [5.74, 6) is -0.533. The summed E-state index contributed by atoms with van der Waals surface area (Å²) in [4.78, 5) is 0.0153. The van der Waals surface area contributed by atoms with E-state index in [0.29, 0.717) is 19.5 Å². The zero-order valence-corrected chi connectivity index (χ0v) is 12.1. The third-order valence-electron chi connectivity index (χ3n) is 3.46. The molecular formula is C12H16ClFN2O2S. The summed E-state index contributed by atoms with van der Waals surface area (Å²) in [6, 6.07) is 3.46. The summed E-state index contributed by atoms with van der Waals surface area (Å²) in [6.07, 6.45) is 0.620. The van der Waals surface area contributed by atoms with Gasteiger partial charge in [-0.05, 0) is 30.5 Å². The van der Waals surface area contributed by atoms with Gasteiger partial charge in [-0.25, -0.2) is 12.8 Å². The largest absolute Gasteiger partial charge is 0.327 e. The number of sulfonamides is 1. The molecule has 1 fully saturated rings. The van der Waals surface area contributed by atoms with E-state index >= 15 is 0 Å². The molecule has 0 aromatic heterocycles. The predicted octanol–water partition coefficient (Wildman–Crippen LogP) is 1.84. The quantitative estimate of drug-likeness (QED) is 0.907. The number of nitrogens with two attached hydrogens (primary N) is 1. The molecule has 1 aliphatic rings. The highest BCUT2D eigenvalue weighted by Gasteiger charge is 2.32. The van der Waals surface area contributed by atoms with E-state index in [1.54, 1.807) is 0 Å². The molecule has 0 saturated carbocycles. The third-order valence-corrected chi connectivity index (χ3v) is 5.61. The van der Waals surface area contributed by atoms with E-state index in [9.17, 15) is 12.8 Å². The van der Waals surface area contributed by atoms with Gasteiger partial charge in [0.15, 0.2) is 0 Å². The molecule has 1 aromatic rings. The monoisotopic (exact) mass is 306 g/mol. The normalized spacial score (nSPS) is 25.5. The average Bonchev–Trinajstić information content (AvgIpc) is 2.35. The smallest absolute Gasteiger partial charge is 0.243 e.